The van der Waals surface area contributed by atoms with Crippen molar-refractivity contribution >= 4 is 11.3 Å². The molecule has 0 aliphatic carbocycles. The average molecular weight is 278 g/mol. The summed E-state index contributed by atoms with van der Waals surface area (Å²) in [5, 5.41) is 2.08. The highest BCUT2D eigenvalue weighted by Gasteiger charge is 2.09. The lowest BCUT2D eigenvalue weighted by atomic mass is 10.1. The monoisotopic (exact) mass is 278 g/mol. The molecule has 2 N–H and O–H groups in total. The van der Waals surface area contributed by atoms with Crippen molar-refractivity contribution in [3.63, 3.8) is 0 Å². The predicted molar refractivity (Wildman–Crippen MR) is 78.4 cm³/mol. The van der Waals surface area contributed by atoms with Crippen LogP contribution in [0, 0.1) is 5.82 Å². The van der Waals surface area contributed by atoms with Gasteiger partial charge in [0.2, 0.25) is 0 Å². The maximum atomic E-state index is 13.4. The van der Waals surface area contributed by atoms with Gasteiger partial charge >= 0.3 is 0 Å². The van der Waals surface area contributed by atoms with Crippen molar-refractivity contribution < 1.29 is 4.39 Å². The van der Waals surface area contributed by atoms with Gasteiger partial charge < -0.3 is 5.73 Å². The first-order valence-electron chi connectivity index (χ1n) is 6.45. The fraction of sp³-hybridized carbons (Fsp3) is 0.333. The first-order valence-corrected chi connectivity index (χ1v) is 7.33. The van der Waals surface area contributed by atoms with E-state index in [1.54, 1.807) is 23.5 Å². The van der Waals surface area contributed by atoms with E-state index in [1.807, 2.05) is 0 Å². The summed E-state index contributed by atoms with van der Waals surface area (Å²) in [6.07, 6.45) is 0. The average Bonchev–Trinajstić information content (AvgIpc) is 2.91. The minimum atomic E-state index is -0.195. The van der Waals surface area contributed by atoms with Crippen LogP contribution in [0.15, 0.2) is 35.7 Å². The molecule has 0 radical (unpaired) electrons. The van der Waals surface area contributed by atoms with Crippen LogP contribution in [0.3, 0.4) is 0 Å². The fourth-order valence-electron chi connectivity index (χ4n) is 2.08. The van der Waals surface area contributed by atoms with Crippen LogP contribution in [-0.2, 0) is 19.6 Å². The summed E-state index contributed by atoms with van der Waals surface area (Å²) in [7, 11) is 0. The molecule has 2 nitrogen and oxygen atoms in total. The van der Waals surface area contributed by atoms with Gasteiger partial charge in [0, 0.05) is 24.5 Å². The van der Waals surface area contributed by atoms with E-state index in [0.29, 0.717) is 6.54 Å². The van der Waals surface area contributed by atoms with Gasteiger partial charge in [-0.25, -0.2) is 4.39 Å². The Morgan fingerprint density at radius 3 is 2.68 bits per heavy atom. The van der Waals surface area contributed by atoms with Gasteiger partial charge in [-0.2, -0.15) is 0 Å². The lowest BCUT2D eigenvalue weighted by Gasteiger charge is -2.21. The second kappa shape index (κ2) is 6.80. The molecule has 4 heteroatoms. The molecule has 0 bridgehead atoms. The lowest BCUT2D eigenvalue weighted by molar-refractivity contribution is 0.272. The Hall–Kier alpha value is -1.23. The van der Waals surface area contributed by atoms with E-state index in [4.69, 9.17) is 5.73 Å². The van der Waals surface area contributed by atoms with Crippen LogP contribution >= 0.6 is 11.3 Å². The Morgan fingerprint density at radius 1 is 1.21 bits per heavy atom. The largest absolute Gasteiger partial charge is 0.326 e. The molecule has 1 aromatic heterocycles. The summed E-state index contributed by atoms with van der Waals surface area (Å²) in [5.74, 6) is -0.195. The minimum absolute atomic E-state index is 0.195. The molecule has 0 amide bonds. The van der Waals surface area contributed by atoms with Gasteiger partial charge in [-0.05, 0) is 41.3 Å². The molecule has 0 saturated heterocycles. The summed E-state index contributed by atoms with van der Waals surface area (Å²) in [4.78, 5) is 3.62. The van der Waals surface area contributed by atoms with Crippen LogP contribution in [0.25, 0.3) is 0 Å². The minimum Gasteiger partial charge on any atom is -0.326 e. The molecule has 0 spiro atoms. The molecule has 1 heterocycles. The van der Waals surface area contributed by atoms with Crippen LogP contribution in [-0.4, -0.2) is 11.4 Å². The number of hydrogen-bond acceptors (Lipinski definition) is 3. The smallest absolute Gasteiger partial charge is 0.123 e. The Labute approximate surface area is 117 Å². The molecule has 0 unspecified atom stereocenters. The van der Waals surface area contributed by atoms with Crippen molar-refractivity contribution in [1.82, 2.24) is 4.90 Å². The zero-order valence-electron chi connectivity index (χ0n) is 11.1. The highest BCUT2D eigenvalue weighted by molar-refractivity contribution is 7.09. The second-order valence-corrected chi connectivity index (χ2v) is 5.53. The Bertz CT molecular complexity index is 511. The SMILES string of the molecule is CCN(Cc1cccs1)Cc1cc(F)ccc1CN. The van der Waals surface area contributed by atoms with Crippen molar-refractivity contribution in [3.8, 4) is 0 Å². The predicted octanol–water partition coefficient (Wildman–Crippen LogP) is 3.37. The van der Waals surface area contributed by atoms with Gasteiger partial charge in [-0.1, -0.05) is 19.1 Å². The lowest BCUT2D eigenvalue weighted by Crippen LogP contribution is -2.23. The number of benzene rings is 1. The number of hydrogen-bond donors (Lipinski definition) is 1. The Balaban J connectivity index is 2.11. The molecule has 0 aliphatic rings. The highest BCUT2D eigenvalue weighted by atomic mass is 32.1. The zero-order chi connectivity index (χ0) is 13.7. The molecule has 1 aromatic carbocycles. The van der Waals surface area contributed by atoms with Gasteiger partial charge in [-0.15, -0.1) is 11.3 Å². The van der Waals surface area contributed by atoms with Crippen molar-refractivity contribution in [1.29, 1.82) is 0 Å². The number of nitrogens with zero attached hydrogens (tertiary/aromatic N) is 1. The van der Waals surface area contributed by atoms with E-state index in [1.165, 1.54) is 10.9 Å². The number of nitrogens with two attached hydrogens (primary N) is 1. The number of rotatable bonds is 6. The normalized spacial score (nSPS) is 11.2. The summed E-state index contributed by atoms with van der Waals surface area (Å²) < 4.78 is 13.4. The maximum absolute atomic E-state index is 13.4. The summed E-state index contributed by atoms with van der Waals surface area (Å²) in [6.45, 7) is 5.13. The standard InChI is InChI=1S/C15H19FN2S/c1-2-18(11-15-4-3-7-19-15)10-13-8-14(16)6-5-12(13)9-17/h3-8H,2,9-11,17H2,1H3. The fourth-order valence-corrected chi connectivity index (χ4v) is 2.83. The molecule has 0 saturated carbocycles. The zero-order valence-corrected chi connectivity index (χ0v) is 11.9. The van der Waals surface area contributed by atoms with Gasteiger partial charge in [-0.3, -0.25) is 4.90 Å². The molecule has 102 valence electrons. The van der Waals surface area contributed by atoms with Gasteiger partial charge in [0.25, 0.3) is 0 Å². The third-order valence-corrected chi connectivity index (χ3v) is 4.05. The van der Waals surface area contributed by atoms with E-state index in [9.17, 15) is 4.39 Å². The van der Waals surface area contributed by atoms with E-state index in [-0.39, 0.29) is 5.82 Å². The third-order valence-electron chi connectivity index (χ3n) is 3.19. The molecular weight excluding hydrogens is 259 g/mol. The number of halogens is 1. The summed E-state index contributed by atoms with van der Waals surface area (Å²) in [6, 6.07) is 9.04. The summed E-state index contributed by atoms with van der Waals surface area (Å²) in [5.41, 5.74) is 7.72. The van der Waals surface area contributed by atoms with E-state index in [0.717, 1.165) is 30.8 Å². The van der Waals surface area contributed by atoms with E-state index < -0.39 is 0 Å². The summed E-state index contributed by atoms with van der Waals surface area (Å²) >= 11 is 1.75. The molecule has 2 aromatic rings. The van der Waals surface area contributed by atoms with Crippen LogP contribution in [0.4, 0.5) is 4.39 Å². The molecular formula is C15H19FN2S. The van der Waals surface area contributed by atoms with Crippen LogP contribution in [0.2, 0.25) is 0 Å². The van der Waals surface area contributed by atoms with Gasteiger partial charge in [0.05, 0.1) is 0 Å². The first kappa shape index (κ1) is 14.2. The Morgan fingerprint density at radius 2 is 2.05 bits per heavy atom. The quantitative estimate of drug-likeness (QED) is 0.878. The Kier molecular flexibility index (Phi) is 5.07. The number of thiophene rings is 1. The second-order valence-electron chi connectivity index (χ2n) is 4.50. The highest BCUT2D eigenvalue weighted by Crippen LogP contribution is 2.17. The molecule has 0 fully saturated rings. The first-order chi connectivity index (χ1) is 9.22. The van der Waals surface area contributed by atoms with E-state index in [2.05, 4.69) is 29.3 Å². The molecule has 2 rings (SSSR count). The van der Waals surface area contributed by atoms with Crippen molar-refractivity contribution in [2.75, 3.05) is 6.54 Å². The van der Waals surface area contributed by atoms with Crippen molar-refractivity contribution in [2.24, 2.45) is 5.73 Å². The van der Waals surface area contributed by atoms with Crippen molar-refractivity contribution in [3.05, 3.63) is 57.5 Å². The van der Waals surface area contributed by atoms with Crippen LogP contribution in [0.1, 0.15) is 22.9 Å². The molecule has 0 aliphatic heterocycles. The van der Waals surface area contributed by atoms with Crippen molar-refractivity contribution in [2.45, 2.75) is 26.6 Å². The van der Waals surface area contributed by atoms with Gasteiger partial charge in [0.1, 0.15) is 5.82 Å². The third kappa shape index (κ3) is 3.86. The van der Waals surface area contributed by atoms with Crippen LogP contribution in [0.5, 0.6) is 0 Å². The molecule has 0 atom stereocenters. The molecule has 19 heavy (non-hydrogen) atoms. The topological polar surface area (TPSA) is 29.3 Å². The van der Waals surface area contributed by atoms with Gasteiger partial charge in [0.15, 0.2) is 0 Å². The maximum Gasteiger partial charge on any atom is 0.123 e. The van der Waals surface area contributed by atoms with Crippen LogP contribution < -0.4 is 5.73 Å². The van der Waals surface area contributed by atoms with E-state index >= 15 is 0 Å².